The largest absolute Gasteiger partial charge is 0.297 e. The van der Waals surface area contributed by atoms with E-state index >= 15 is 0 Å². The Morgan fingerprint density at radius 1 is 0.895 bits per heavy atom. The van der Waals surface area contributed by atoms with Crippen molar-refractivity contribution in [1.82, 2.24) is 4.90 Å². The van der Waals surface area contributed by atoms with Gasteiger partial charge in [-0.15, -0.1) is 0 Å². The third kappa shape index (κ3) is 4.70. The van der Waals surface area contributed by atoms with E-state index in [2.05, 4.69) is 14.9 Å². The van der Waals surface area contributed by atoms with E-state index in [0.29, 0.717) is 6.54 Å². The van der Waals surface area contributed by atoms with Crippen molar-refractivity contribution in [2.75, 3.05) is 13.1 Å². The first-order valence-corrected chi connectivity index (χ1v) is 8.18. The molecule has 0 radical (unpaired) electrons. The molecular formula is C15H28N4. The summed E-state index contributed by atoms with van der Waals surface area (Å²) in [5.41, 5.74) is 8.37. The molecule has 2 rings (SSSR count). The molecule has 0 aromatic carbocycles. The Morgan fingerprint density at radius 2 is 1.42 bits per heavy atom. The first-order chi connectivity index (χ1) is 9.42. The first-order valence-electron chi connectivity index (χ1n) is 8.18. The Morgan fingerprint density at radius 3 is 1.89 bits per heavy atom. The fourth-order valence-electron chi connectivity index (χ4n) is 3.86. The van der Waals surface area contributed by atoms with Crippen LogP contribution in [0.1, 0.15) is 70.6 Å². The molecule has 2 fully saturated rings. The average molecular weight is 264 g/mol. The van der Waals surface area contributed by atoms with E-state index in [1.807, 2.05) is 0 Å². The van der Waals surface area contributed by atoms with Crippen molar-refractivity contribution in [3.63, 3.8) is 0 Å². The van der Waals surface area contributed by atoms with E-state index in [1.54, 1.807) is 0 Å². The van der Waals surface area contributed by atoms with Gasteiger partial charge in [-0.25, -0.2) is 0 Å². The van der Waals surface area contributed by atoms with Crippen LogP contribution in [0, 0.1) is 0 Å². The summed E-state index contributed by atoms with van der Waals surface area (Å²) in [7, 11) is 0. The highest BCUT2D eigenvalue weighted by molar-refractivity contribution is 4.83. The second-order valence-corrected chi connectivity index (χ2v) is 6.13. The van der Waals surface area contributed by atoms with Crippen LogP contribution in [0.5, 0.6) is 0 Å². The fraction of sp³-hybridized carbons (Fsp3) is 1.00. The van der Waals surface area contributed by atoms with Crippen LogP contribution in [0.25, 0.3) is 10.4 Å². The van der Waals surface area contributed by atoms with Crippen LogP contribution in [0.4, 0.5) is 0 Å². The number of rotatable bonds is 6. The summed E-state index contributed by atoms with van der Waals surface area (Å²) in [6, 6.07) is 1.62. The van der Waals surface area contributed by atoms with Crippen LogP contribution in [-0.2, 0) is 0 Å². The minimum Gasteiger partial charge on any atom is -0.297 e. The Labute approximate surface area is 117 Å². The van der Waals surface area contributed by atoms with E-state index < -0.39 is 0 Å². The summed E-state index contributed by atoms with van der Waals surface area (Å²) in [6.07, 6.45) is 15.0. The van der Waals surface area contributed by atoms with E-state index in [-0.39, 0.29) is 0 Å². The van der Waals surface area contributed by atoms with Gasteiger partial charge in [0.2, 0.25) is 0 Å². The van der Waals surface area contributed by atoms with Gasteiger partial charge in [-0.3, -0.25) is 4.90 Å². The maximum absolute atomic E-state index is 8.37. The maximum Gasteiger partial charge on any atom is 0.0270 e. The molecule has 0 bridgehead atoms. The molecule has 4 nitrogen and oxygen atoms in total. The lowest BCUT2D eigenvalue weighted by molar-refractivity contribution is 0.0803. The normalized spacial score (nSPS) is 22.4. The summed E-state index contributed by atoms with van der Waals surface area (Å²) in [4.78, 5) is 5.65. The number of nitrogens with zero attached hydrogens (tertiary/aromatic N) is 4. The minimum absolute atomic E-state index is 0.659. The Hall–Kier alpha value is -0.730. The maximum atomic E-state index is 8.37. The smallest absolute Gasteiger partial charge is 0.0270 e. The lowest BCUT2D eigenvalue weighted by Crippen LogP contribution is -2.45. The van der Waals surface area contributed by atoms with Gasteiger partial charge in [0.15, 0.2) is 0 Å². The third-order valence-corrected chi connectivity index (χ3v) is 4.83. The molecule has 2 saturated carbocycles. The highest BCUT2D eigenvalue weighted by atomic mass is 15.2. The molecule has 2 aliphatic carbocycles. The molecule has 0 saturated heterocycles. The van der Waals surface area contributed by atoms with Gasteiger partial charge >= 0.3 is 0 Å². The van der Waals surface area contributed by atoms with Gasteiger partial charge in [-0.05, 0) is 44.2 Å². The SMILES string of the molecule is [N-]=[N+]=NCCCN(C1CCCCC1)C1CCCCC1. The van der Waals surface area contributed by atoms with Gasteiger partial charge in [0.05, 0.1) is 0 Å². The van der Waals surface area contributed by atoms with Gasteiger partial charge in [-0.1, -0.05) is 43.6 Å². The molecule has 0 N–H and O–H groups in total. The van der Waals surface area contributed by atoms with Crippen LogP contribution < -0.4 is 0 Å². The van der Waals surface area contributed by atoms with Crippen LogP contribution in [-0.4, -0.2) is 30.1 Å². The third-order valence-electron chi connectivity index (χ3n) is 4.83. The highest BCUT2D eigenvalue weighted by Gasteiger charge is 2.28. The molecule has 0 amide bonds. The van der Waals surface area contributed by atoms with Gasteiger partial charge in [0.25, 0.3) is 0 Å². The van der Waals surface area contributed by atoms with Crippen molar-refractivity contribution < 1.29 is 0 Å². The van der Waals surface area contributed by atoms with E-state index in [0.717, 1.165) is 25.0 Å². The number of hydrogen-bond acceptors (Lipinski definition) is 2. The van der Waals surface area contributed by atoms with Crippen LogP contribution in [0.15, 0.2) is 5.11 Å². The fourth-order valence-corrected chi connectivity index (χ4v) is 3.86. The molecule has 19 heavy (non-hydrogen) atoms. The van der Waals surface area contributed by atoms with Crippen LogP contribution in [0.3, 0.4) is 0 Å². The second kappa shape index (κ2) is 8.44. The molecule has 2 aliphatic rings. The van der Waals surface area contributed by atoms with Crippen molar-refractivity contribution in [2.45, 2.75) is 82.7 Å². The Bertz CT molecular complexity index is 269. The van der Waals surface area contributed by atoms with Crippen molar-refractivity contribution in [2.24, 2.45) is 5.11 Å². The predicted octanol–water partition coefficient (Wildman–Crippen LogP) is 4.65. The van der Waals surface area contributed by atoms with Crippen molar-refractivity contribution >= 4 is 0 Å². The summed E-state index contributed by atoms with van der Waals surface area (Å²) in [5.74, 6) is 0. The van der Waals surface area contributed by atoms with Gasteiger partial charge in [0.1, 0.15) is 0 Å². The van der Waals surface area contributed by atoms with Crippen molar-refractivity contribution in [1.29, 1.82) is 0 Å². The zero-order valence-corrected chi connectivity index (χ0v) is 12.1. The van der Waals surface area contributed by atoms with E-state index in [1.165, 1.54) is 64.2 Å². The lowest BCUT2D eigenvalue weighted by atomic mass is 9.88. The lowest BCUT2D eigenvalue weighted by Gasteiger charge is -2.41. The number of azide groups is 1. The molecule has 0 aliphatic heterocycles. The quantitative estimate of drug-likeness (QED) is 0.298. The molecule has 4 heteroatoms. The van der Waals surface area contributed by atoms with Gasteiger partial charge in [0, 0.05) is 23.5 Å². The summed E-state index contributed by atoms with van der Waals surface area (Å²) >= 11 is 0. The molecule has 0 unspecified atom stereocenters. The Kier molecular flexibility index (Phi) is 6.52. The summed E-state index contributed by atoms with van der Waals surface area (Å²) < 4.78 is 0. The number of hydrogen-bond donors (Lipinski definition) is 0. The molecule has 0 heterocycles. The van der Waals surface area contributed by atoms with Crippen LogP contribution >= 0.6 is 0 Å². The monoisotopic (exact) mass is 264 g/mol. The van der Waals surface area contributed by atoms with Crippen molar-refractivity contribution in [3.8, 4) is 0 Å². The van der Waals surface area contributed by atoms with E-state index in [4.69, 9.17) is 5.53 Å². The molecule has 0 aromatic rings. The van der Waals surface area contributed by atoms with E-state index in [9.17, 15) is 0 Å². The highest BCUT2D eigenvalue weighted by Crippen LogP contribution is 2.30. The topological polar surface area (TPSA) is 52.0 Å². The average Bonchev–Trinajstić information content (AvgIpc) is 2.49. The summed E-state index contributed by atoms with van der Waals surface area (Å²) in [6.45, 7) is 1.79. The first kappa shape index (κ1) is 14.7. The minimum atomic E-state index is 0.659. The molecule has 108 valence electrons. The van der Waals surface area contributed by atoms with Gasteiger partial charge in [-0.2, -0.15) is 0 Å². The van der Waals surface area contributed by atoms with Crippen molar-refractivity contribution in [3.05, 3.63) is 10.4 Å². The summed E-state index contributed by atoms with van der Waals surface area (Å²) in [5, 5.41) is 3.69. The van der Waals surface area contributed by atoms with Gasteiger partial charge < -0.3 is 0 Å². The zero-order valence-electron chi connectivity index (χ0n) is 12.1. The second-order valence-electron chi connectivity index (χ2n) is 6.13. The Balaban J connectivity index is 1.88. The molecular weight excluding hydrogens is 236 g/mol. The standard InChI is InChI=1S/C15H28N4/c16-18-17-12-7-13-19(14-8-3-1-4-9-14)15-10-5-2-6-11-15/h14-15H,1-13H2. The molecule has 0 aromatic heterocycles. The molecule has 0 spiro atoms. The molecule has 0 atom stereocenters. The zero-order chi connectivity index (χ0) is 13.3. The van der Waals surface area contributed by atoms with Crippen LogP contribution in [0.2, 0.25) is 0 Å². The predicted molar refractivity (Wildman–Crippen MR) is 79.1 cm³/mol.